The molecule has 3 heteroatoms. The van der Waals surface area contributed by atoms with E-state index in [9.17, 15) is 5.11 Å². The molecular formula is C16H24N2O. The molecule has 3 nitrogen and oxygen atoms in total. The zero-order valence-electron chi connectivity index (χ0n) is 11.6. The van der Waals surface area contributed by atoms with Gasteiger partial charge in [-0.25, -0.2) is 0 Å². The smallest absolute Gasteiger partial charge is 0.0707 e. The van der Waals surface area contributed by atoms with Crippen molar-refractivity contribution >= 4 is 0 Å². The molecule has 1 saturated heterocycles. The molecule has 1 heterocycles. The maximum atomic E-state index is 10.2. The average molecular weight is 260 g/mol. The first kappa shape index (κ1) is 13.1. The van der Waals surface area contributed by atoms with Crippen LogP contribution in [-0.2, 0) is 19.3 Å². The number of aryl methyl sites for hydroxylation is 2. The third-order valence-electron chi connectivity index (χ3n) is 4.31. The fourth-order valence-corrected chi connectivity index (χ4v) is 3.28. The lowest BCUT2D eigenvalue weighted by Crippen LogP contribution is -2.46. The van der Waals surface area contributed by atoms with Gasteiger partial charge in [0.05, 0.1) is 6.10 Å². The van der Waals surface area contributed by atoms with E-state index in [0.717, 1.165) is 39.1 Å². The van der Waals surface area contributed by atoms with E-state index in [4.69, 9.17) is 0 Å². The molecule has 2 N–H and O–H groups in total. The van der Waals surface area contributed by atoms with Crippen LogP contribution in [-0.4, -0.2) is 48.8 Å². The minimum Gasteiger partial charge on any atom is -0.391 e. The van der Waals surface area contributed by atoms with Crippen molar-refractivity contribution in [1.29, 1.82) is 0 Å². The number of benzene rings is 1. The summed E-state index contributed by atoms with van der Waals surface area (Å²) in [6.45, 7) is 5.01. The standard InChI is InChI=1S/C16H24N2O/c19-16(12-18-8-6-17-7-9-18)11-13-4-5-14-2-1-3-15(14)10-13/h4-5,10,16-17,19H,1-3,6-9,11-12H2. The van der Waals surface area contributed by atoms with Crippen LogP contribution in [0.3, 0.4) is 0 Å². The highest BCUT2D eigenvalue weighted by Gasteiger charge is 2.16. The molecule has 1 aliphatic carbocycles. The maximum absolute atomic E-state index is 10.2. The van der Waals surface area contributed by atoms with E-state index in [-0.39, 0.29) is 6.10 Å². The normalized spacial score (nSPS) is 21.3. The molecule has 0 saturated carbocycles. The van der Waals surface area contributed by atoms with Crippen molar-refractivity contribution in [3.05, 3.63) is 34.9 Å². The number of rotatable bonds is 4. The topological polar surface area (TPSA) is 35.5 Å². The summed E-state index contributed by atoms with van der Waals surface area (Å²) in [6.07, 6.45) is 4.30. The zero-order chi connectivity index (χ0) is 13.1. The molecule has 1 aromatic rings. The Morgan fingerprint density at radius 3 is 2.79 bits per heavy atom. The summed E-state index contributed by atoms with van der Waals surface area (Å²) in [5, 5.41) is 13.6. The highest BCUT2D eigenvalue weighted by molar-refractivity contribution is 5.35. The minimum absolute atomic E-state index is 0.238. The summed E-state index contributed by atoms with van der Waals surface area (Å²) in [7, 11) is 0. The monoisotopic (exact) mass is 260 g/mol. The number of β-amino-alcohol motifs (C(OH)–C–C–N with tert-alkyl or cyclic N) is 1. The molecule has 0 radical (unpaired) electrons. The highest BCUT2D eigenvalue weighted by atomic mass is 16.3. The molecule has 1 fully saturated rings. The van der Waals surface area contributed by atoms with Gasteiger partial charge in [-0.3, -0.25) is 4.90 Å². The molecule has 2 aliphatic rings. The number of nitrogens with one attached hydrogen (secondary N) is 1. The number of piperazine rings is 1. The SMILES string of the molecule is OC(Cc1ccc2c(c1)CCC2)CN1CCNCC1. The first-order valence-electron chi connectivity index (χ1n) is 7.53. The van der Waals surface area contributed by atoms with Gasteiger partial charge in [0.25, 0.3) is 0 Å². The van der Waals surface area contributed by atoms with Gasteiger partial charge >= 0.3 is 0 Å². The Kier molecular flexibility index (Phi) is 4.16. The molecule has 0 aromatic heterocycles. The van der Waals surface area contributed by atoms with Gasteiger partial charge in [-0.05, 0) is 42.4 Å². The van der Waals surface area contributed by atoms with Crippen LogP contribution in [0.5, 0.6) is 0 Å². The van der Waals surface area contributed by atoms with Crippen LogP contribution < -0.4 is 5.32 Å². The minimum atomic E-state index is -0.238. The third kappa shape index (κ3) is 3.35. The van der Waals surface area contributed by atoms with Crippen LogP contribution in [0, 0.1) is 0 Å². The van der Waals surface area contributed by atoms with E-state index < -0.39 is 0 Å². The number of hydrogen-bond acceptors (Lipinski definition) is 3. The quantitative estimate of drug-likeness (QED) is 0.847. The van der Waals surface area contributed by atoms with E-state index in [0.29, 0.717) is 0 Å². The highest BCUT2D eigenvalue weighted by Crippen LogP contribution is 2.23. The van der Waals surface area contributed by atoms with E-state index in [2.05, 4.69) is 28.4 Å². The Balaban J connectivity index is 1.55. The van der Waals surface area contributed by atoms with Crippen LogP contribution in [0.4, 0.5) is 0 Å². The van der Waals surface area contributed by atoms with Crippen LogP contribution in [0.2, 0.25) is 0 Å². The summed E-state index contributed by atoms with van der Waals surface area (Å²) < 4.78 is 0. The number of fused-ring (bicyclic) bond motifs is 1. The van der Waals surface area contributed by atoms with Crippen LogP contribution >= 0.6 is 0 Å². The molecule has 1 aromatic carbocycles. The van der Waals surface area contributed by atoms with Crippen molar-refractivity contribution in [2.24, 2.45) is 0 Å². The van der Waals surface area contributed by atoms with Crippen molar-refractivity contribution in [3.8, 4) is 0 Å². The summed E-state index contributed by atoms with van der Waals surface area (Å²) in [5.41, 5.74) is 4.32. The molecular weight excluding hydrogens is 236 g/mol. The number of aliphatic hydroxyl groups excluding tert-OH is 1. The van der Waals surface area contributed by atoms with E-state index in [1.54, 1.807) is 0 Å². The number of hydrogen-bond donors (Lipinski definition) is 2. The largest absolute Gasteiger partial charge is 0.391 e. The first-order valence-corrected chi connectivity index (χ1v) is 7.53. The van der Waals surface area contributed by atoms with Crippen molar-refractivity contribution in [2.45, 2.75) is 31.8 Å². The molecule has 1 atom stereocenters. The predicted octanol–water partition coefficient (Wildman–Crippen LogP) is 0.984. The van der Waals surface area contributed by atoms with Crippen molar-refractivity contribution < 1.29 is 5.11 Å². The molecule has 1 aliphatic heterocycles. The maximum Gasteiger partial charge on any atom is 0.0707 e. The lowest BCUT2D eigenvalue weighted by atomic mass is 10.0. The molecule has 104 valence electrons. The fourth-order valence-electron chi connectivity index (χ4n) is 3.28. The van der Waals surface area contributed by atoms with Gasteiger partial charge < -0.3 is 10.4 Å². The summed E-state index contributed by atoms with van der Waals surface area (Å²) >= 11 is 0. The number of aliphatic hydroxyl groups is 1. The van der Waals surface area contributed by atoms with Crippen molar-refractivity contribution in [3.63, 3.8) is 0 Å². The van der Waals surface area contributed by atoms with Gasteiger partial charge in [0.1, 0.15) is 0 Å². The summed E-state index contributed by atoms with van der Waals surface area (Å²) in [4.78, 5) is 2.36. The van der Waals surface area contributed by atoms with Crippen molar-refractivity contribution in [2.75, 3.05) is 32.7 Å². The van der Waals surface area contributed by atoms with Crippen LogP contribution in [0.25, 0.3) is 0 Å². The molecule has 0 spiro atoms. The zero-order valence-corrected chi connectivity index (χ0v) is 11.6. The van der Waals surface area contributed by atoms with Gasteiger partial charge in [-0.2, -0.15) is 0 Å². The lowest BCUT2D eigenvalue weighted by molar-refractivity contribution is 0.105. The Morgan fingerprint density at radius 2 is 1.95 bits per heavy atom. The second-order valence-corrected chi connectivity index (χ2v) is 5.87. The Morgan fingerprint density at radius 1 is 1.16 bits per heavy atom. The van der Waals surface area contributed by atoms with Crippen LogP contribution in [0.15, 0.2) is 18.2 Å². The van der Waals surface area contributed by atoms with Gasteiger partial charge in [-0.1, -0.05) is 18.2 Å². The van der Waals surface area contributed by atoms with Gasteiger partial charge in [0.2, 0.25) is 0 Å². The van der Waals surface area contributed by atoms with E-state index >= 15 is 0 Å². The Hall–Kier alpha value is -0.900. The van der Waals surface area contributed by atoms with Crippen molar-refractivity contribution in [1.82, 2.24) is 10.2 Å². The Bertz CT molecular complexity index is 427. The predicted molar refractivity (Wildman–Crippen MR) is 77.5 cm³/mol. The third-order valence-corrected chi connectivity index (χ3v) is 4.31. The molecule has 0 bridgehead atoms. The van der Waals surface area contributed by atoms with Gasteiger partial charge in [-0.15, -0.1) is 0 Å². The molecule has 0 amide bonds. The fraction of sp³-hybridized carbons (Fsp3) is 0.625. The summed E-state index contributed by atoms with van der Waals surface area (Å²) in [5.74, 6) is 0. The van der Waals surface area contributed by atoms with Crippen LogP contribution in [0.1, 0.15) is 23.1 Å². The summed E-state index contributed by atoms with van der Waals surface area (Å²) in [6, 6.07) is 6.77. The van der Waals surface area contributed by atoms with E-state index in [1.165, 1.54) is 36.0 Å². The molecule has 3 rings (SSSR count). The number of nitrogens with zero attached hydrogens (tertiary/aromatic N) is 1. The first-order chi connectivity index (χ1) is 9.31. The lowest BCUT2D eigenvalue weighted by Gasteiger charge is -2.29. The second kappa shape index (κ2) is 6.04. The molecule has 19 heavy (non-hydrogen) atoms. The average Bonchev–Trinajstić information content (AvgIpc) is 2.87. The van der Waals surface area contributed by atoms with E-state index in [1.807, 2.05) is 0 Å². The second-order valence-electron chi connectivity index (χ2n) is 5.87. The molecule has 1 unspecified atom stereocenters. The van der Waals surface area contributed by atoms with Gasteiger partial charge in [0, 0.05) is 32.7 Å². The van der Waals surface area contributed by atoms with Gasteiger partial charge in [0.15, 0.2) is 0 Å². The Labute approximate surface area is 115 Å².